The van der Waals surface area contributed by atoms with Crippen molar-refractivity contribution in [3.8, 4) is 0 Å². The topological polar surface area (TPSA) is 117 Å². The van der Waals surface area contributed by atoms with Crippen LogP contribution in [0.3, 0.4) is 0 Å². The number of sulfonamides is 1. The van der Waals surface area contributed by atoms with E-state index in [0.29, 0.717) is 44.5 Å². The molecule has 0 aliphatic carbocycles. The number of likely N-dealkylation sites (tertiary alicyclic amines) is 1. The van der Waals surface area contributed by atoms with Crippen molar-refractivity contribution in [2.45, 2.75) is 44.1 Å². The first-order chi connectivity index (χ1) is 16.0. The van der Waals surface area contributed by atoms with Crippen molar-refractivity contribution >= 4 is 27.7 Å². The lowest BCUT2D eigenvalue weighted by Crippen LogP contribution is -2.42. The maximum Gasteiger partial charge on any atom is 0.407 e. The number of nitrogens with one attached hydrogen (secondary N) is 2. The highest BCUT2D eigenvalue weighted by Crippen LogP contribution is 2.20. The van der Waals surface area contributed by atoms with Crippen molar-refractivity contribution in [3.63, 3.8) is 0 Å². The zero-order chi connectivity index (χ0) is 24.8. The Morgan fingerprint density at radius 3 is 2.26 bits per heavy atom. The summed E-state index contributed by atoms with van der Waals surface area (Å²) in [5.74, 6) is 0.210. The fourth-order valence-corrected chi connectivity index (χ4v) is 5.35. The van der Waals surface area contributed by atoms with Gasteiger partial charge in [-0.25, -0.2) is 13.2 Å². The summed E-state index contributed by atoms with van der Waals surface area (Å²) >= 11 is 0. The minimum atomic E-state index is -3.56. The summed E-state index contributed by atoms with van der Waals surface area (Å²) in [6.45, 7) is 9.33. The molecular formula is C23H36N4O6S. The number of alkyl carbamates (subject to hydrolysis) is 1. The molecule has 1 aromatic carbocycles. The first-order valence-electron chi connectivity index (χ1n) is 11.7. The van der Waals surface area contributed by atoms with E-state index in [4.69, 9.17) is 9.47 Å². The lowest BCUT2D eigenvalue weighted by atomic mass is 9.97. The Kier molecular flexibility index (Phi) is 8.91. The first-order valence-corrected chi connectivity index (χ1v) is 13.1. The van der Waals surface area contributed by atoms with E-state index in [9.17, 15) is 18.0 Å². The van der Waals surface area contributed by atoms with Gasteiger partial charge < -0.3 is 20.1 Å². The monoisotopic (exact) mass is 496 g/mol. The molecule has 0 unspecified atom stereocenters. The van der Waals surface area contributed by atoms with Crippen molar-refractivity contribution in [2.75, 3.05) is 57.8 Å². The molecule has 2 saturated heterocycles. The van der Waals surface area contributed by atoms with Crippen molar-refractivity contribution < 1.29 is 27.5 Å². The van der Waals surface area contributed by atoms with E-state index < -0.39 is 21.7 Å². The molecule has 11 heteroatoms. The molecule has 34 heavy (non-hydrogen) atoms. The fourth-order valence-electron chi connectivity index (χ4n) is 3.94. The fraction of sp³-hybridized carbons (Fsp3) is 0.652. The summed E-state index contributed by atoms with van der Waals surface area (Å²) in [6, 6.07) is 6.26. The summed E-state index contributed by atoms with van der Waals surface area (Å²) in [5, 5.41) is 5.66. The molecule has 2 N–H and O–H groups in total. The minimum absolute atomic E-state index is 0.144. The highest BCUT2D eigenvalue weighted by atomic mass is 32.2. The second-order valence-electron chi connectivity index (χ2n) is 9.69. The Morgan fingerprint density at radius 2 is 1.68 bits per heavy atom. The van der Waals surface area contributed by atoms with Gasteiger partial charge >= 0.3 is 6.09 Å². The van der Waals surface area contributed by atoms with E-state index in [1.54, 1.807) is 12.1 Å². The van der Waals surface area contributed by atoms with Gasteiger partial charge in [0.15, 0.2) is 0 Å². The molecular weight excluding hydrogens is 460 g/mol. The van der Waals surface area contributed by atoms with Gasteiger partial charge in [-0.2, -0.15) is 4.31 Å². The van der Waals surface area contributed by atoms with Crippen molar-refractivity contribution in [2.24, 2.45) is 5.92 Å². The summed E-state index contributed by atoms with van der Waals surface area (Å²) in [6.07, 6.45) is 1.37. The van der Waals surface area contributed by atoms with Crippen LogP contribution in [0.15, 0.2) is 29.2 Å². The Balaban J connectivity index is 1.40. The van der Waals surface area contributed by atoms with Gasteiger partial charge in [-0.05, 0) is 76.9 Å². The van der Waals surface area contributed by atoms with E-state index in [1.807, 2.05) is 20.8 Å². The highest BCUT2D eigenvalue weighted by molar-refractivity contribution is 7.89. The zero-order valence-electron chi connectivity index (χ0n) is 20.2. The van der Waals surface area contributed by atoms with Gasteiger partial charge in [0.2, 0.25) is 15.9 Å². The Bertz CT molecular complexity index is 931. The lowest BCUT2D eigenvalue weighted by Gasteiger charge is -2.31. The lowest BCUT2D eigenvalue weighted by molar-refractivity contribution is -0.117. The Hall–Kier alpha value is -2.21. The molecule has 2 fully saturated rings. The third-order valence-corrected chi connectivity index (χ3v) is 7.67. The average molecular weight is 497 g/mol. The maximum atomic E-state index is 12.7. The molecule has 10 nitrogen and oxygen atoms in total. The van der Waals surface area contributed by atoms with Crippen LogP contribution >= 0.6 is 0 Å². The molecule has 1 aromatic rings. The maximum absolute atomic E-state index is 12.7. The van der Waals surface area contributed by atoms with Gasteiger partial charge in [0, 0.05) is 25.3 Å². The molecule has 0 atom stereocenters. The summed E-state index contributed by atoms with van der Waals surface area (Å²) in [4.78, 5) is 26.6. The second-order valence-corrected chi connectivity index (χ2v) is 11.6. The highest BCUT2D eigenvalue weighted by Gasteiger charge is 2.26. The molecule has 2 aliphatic rings. The number of ether oxygens (including phenoxy) is 2. The molecule has 0 spiro atoms. The Morgan fingerprint density at radius 1 is 1.06 bits per heavy atom. The van der Waals surface area contributed by atoms with Gasteiger partial charge in [0.1, 0.15) is 5.60 Å². The number of nitrogens with zero attached hydrogens (tertiary/aromatic N) is 2. The summed E-state index contributed by atoms with van der Waals surface area (Å²) in [5.41, 5.74) is 0.0420. The van der Waals surface area contributed by atoms with Crippen LogP contribution in [-0.4, -0.2) is 87.7 Å². The molecule has 2 amide bonds. The summed E-state index contributed by atoms with van der Waals surface area (Å²) < 4.78 is 37.3. The standard InChI is InChI=1S/C23H36N4O6S/c1-23(2,3)33-22(29)24-16-18-8-10-26(11-9-18)17-21(28)25-19-4-6-20(7-5-19)34(30,31)27-12-14-32-15-13-27/h4-7,18H,8-17H2,1-3H3,(H,24,29)(H,25,28). The van der Waals surface area contributed by atoms with E-state index in [2.05, 4.69) is 15.5 Å². The third-order valence-electron chi connectivity index (χ3n) is 5.75. The molecule has 3 rings (SSSR count). The molecule has 2 heterocycles. The number of benzene rings is 1. The molecule has 0 saturated carbocycles. The smallest absolute Gasteiger partial charge is 0.407 e. The molecule has 0 aromatic heterocycles. The van der Waals surface area contributed by atoms with Gasteiger partial charge in [-0.3, -0.25) is 9.69 Å². The zero-order valence-corrected chi connectivity index (χ0v) is 21.0. The minimum Gasteiger partial charge on any atom is -0.444 e. The number of carbonyl (C=O) groups is 2. The predicted molar refractivity (Wildman–Crippen MR) is 128 cm³/mol. The Labute approximate surface area is 202 Å². The normalized spacial score (nSPS) is 18.9. The van der Waals surface area contributed by atoms with Crippen LogP contribution in [0.1, 0.15) is 33.6 Å². The second kappa shape index (κ2) is 11.5. The van der Waals surface area contributed by atoms with Crippen LogP contribution in [-0.2, 0) is 24.3 Å². The van der Waals surface area contributed by atoms with E-state index in [0.717, 1.165) is 25.9 Å². The molecule has 0 radical (unpaired) electrons. The van der Waals surface area contributed by atoms with Crippen LogP contribution in [0.4, 0.5) is 10.5 Å². The van der Waals surface area contributed by atoms with Gasteiger partial charge in [0.25, 0.3) is 0 Å². The van der Waals surface area contributed by atoms with Crippen LogP contribution in [0.25, 0.3) is 0 Å². The first kappa shape index (κ1) is 26.4. The van der Waals surface area contributed by atoms with Crippen LogP contribution in [0, 0.1) is 5.92 Å². The molecule has 0 bridgehead atoms. The number of anilines is 1. The number of hydrogen-bond acceptors (Lipinski definition) is 7. The van der Waals surface area contributed by atoms with E-state index in [1.165, 1.54) is 16.4 Å². The number of morpholine rings is 1. The van der Waals surface area contributed by atoms with Gasteiger partial charge in [0.05, 0.1) is 24.7 Å². The molecule has 2 aliphatic heterocycles. The van der Waals surface area contributed by atoms with Crippen LogP contribution < -0.4 is 10.6 Å². The average Bonchev–Trinajstić information content (AvgIpc) is 2.78. The van der Waals surface area contributed by atoms with E-state index >= 15 is 0 Å². The van der Waals surface area contributed by atoms with Gasteiger partial charge in [-0.1, -0.05) is 0 Å². The quantitative estimate of drug-likeness (QED) is 0.592. The van der Waals surface area contributed by atoms with Crippen LogP contribution in [0.5, 0.6) is 0 Å². The predicted octanol–water partition coefficient (Wildman–Crippen LogP) is 1.88. The largest absolute Gasteiger partial charge is 0.444 e. The van der Waals surface area contributed by atoms with Crippen LogP contribution in [0.2, 0.25) is 0 Å². The number of carbonyl (C=O) groups excluding carboxylic acids is 2. The number of hydrogen-bond donors (Lipinski definition) is 2. The number of amides is 2. The SMILES string of the molecule is CC(C)(C)OC(=O)NCC1CCN(CC(=O)Nc2ccc(S(=O)(=O)N3CCOCC3)cc2)CC1. The molecule has 190 valence electrons. The van der Waals surface area contributed by atoms with Crippen molar-refractivity contribution in [3.05, 3.63) is 24.3 Å². The number of rotatable bonds is 7. The van der Waals surface area contributed by atoms with Gasteiger partial charge in [-0.15, -0.1) is 0 Å². The van der Waals surface area contributed by atoms with E-state index in [-0.39, 0.29) is 17.3 Å². The third kappa shape index (κ3) is 7.93. The van der Waals surface area contributed by atoms with Crippen molar-refractivity contribution in [1.29, 1.82) is 0 Å². The number of piperidine rings is 1. The summed E-state index contributed by atoms with van der Waals surface area (Å²) in [7, 11) is -3.56. The van der Waals surface area contributed by atoms with Crippen molar-refractivity contribution in [1.82, 2.24) is 14.5 Å².